The van der Waals surface area contributed by atoms with Gasteiger partial charge >= 0.3 is 0 Å². The Kier molecular flexibility index (Phi) is 3.85. The van der Waals surface area contributed by atoms with Crippen LogP contribution >= 0.6 is 11.3 Å². The number of rotatable bonds is 5. The summed E-state index contributed by atoms with van der Waals surface area (Å²) < 4.78 is 5.27. The molecule has 0 bridgehead atoms. The lowest BCUT2D eigenvalue weighted by atomic mass is 10.1. The largest absolute Gasteiger partial charge is 0.332 e. The molecule has 2 aromatic heterocycles. The van der Waals surface area contributed by atoms with Crippen molar-refractivity contribution in [1.29, 1.82) is 0 Å². The van der Waals surface area contributed by atoms with Crippen LogP contribution in [0.5, 0.6) is 0 Å². The highest BCUT2D eigenvalue weighted by atomic mass is 32.1. The van der Waals surface area contributed by atoms with Crippen molar-refractivity contribution in [3.8, 4) is 11.6 Å². The molecule has 0 aliphatic rings. The fraction of sp³-hybridized carbons (Fsp3) is 0.214. The van der Waals surface area contributed by atoms with Crippen molar-refractivity contribution in [2.45, 2.75) is 12.8 Å². The average Bonchev–Trinajstić information content (AvgIpc) is 3.10. The molecule has 0 amide bonds. The lowest BCUT2D eigenvalue weighted by Gasteiger charge is -1.93. The molecule has 0 aliphatic heterocycles. The molecule has 5 nitrogen and oxygen atoms in total. The number of hydrogen-bond acceptors (Lipinski definition) is 6. The summed E-state index contributed by atoms with van der Waals surface area (Å²) in [5.41, 5.74) is 7.40. The van der Waals surface area contributed by atoms with Gasteiger partial charge in [-0.25, -0.2) is 4.98 Å². The number of hydrogen-bond donors (Lipinski definition) is 1. The van der Waals surface area contributed by atoms with E-state index in [1.54, 1.807) is 11.3 Å². The van der Waals surface area contributed by atoms with Crippen LogP contribution < -0.4 is 5.73 Å². The van der Waals surface area contributed by atoms with Gasteiger partial charge in [0.2, 0.25) is 0 Å². The normalized spacial score (nSPS) is 10.8. The molecule has 1 aromatic carbocycles. The smallest absolute Gasteiger partial charge is 0.277 e. The van der Waals surface area contributed by atoms with E-state index in [9.17, 15) is 0 Å². The lowest BCUT2D eigenvalue weighted by Crippen LogP contribution is -2.01. The highest BCUT2D eigenvalue weighted by Crippen LogP contribution is 2.21. The zero-order valence-corrected chi connectivity index (χ0v) is 11.6. The second kappa shape index (κ2) is 5.94. The van der Waals surface area contributed by atoms with E-state index in [0.717, 1.165) is 22.7 Å². The van der Waals surface area contributed by atoms with Gasteiger partial charge in [-0.1, -0.05) is 35.5 Å². The summed E-state index contributed by atoms with van der Waals surface area (Å²) in [4.78, 5) is 8.82. The molecule has 20 heavy (non-hydrogen) atoms. The Balaban J connectivity index is 1.76. The second-order valence-corrected chi connectivity index (χ2v) is 5.29. The maximum Gasteiger partial charge on any atom is 0.277 e. The van der Waals surface area contributed by atoms with E-state index in [2.05, 4.69) is 15.1 Å². The van der Waals surface area contributed by atoms with E-state index in [1.165, 1.54) is 0 Å². The maximum atomic E-state index is 5.51. The van der Waals surface area contributed by atoms with Crippen LogP contribution in [0.2, 0.25) is 0 Å². The van der Waals surface area contributed by atoms with Crippen molar-refractivity contribution in [3.05, 3.63) is 52.1 Å². The Hall–Kier alpha value is -2.05. The van der Waals surface area contributed by atoms with Crippen LogP contribution in [-0.2, 0) is 12.8 Å². The van der Waals surface area contributed by atoms with Crippen molar-refractivity contribution in [3.63, 3.8) is 0 Å². The second-order valence-electron chi connectivity index (χ2n) is 4.34. The molecule has 102 valence electrons. The van der Waals surface area contributed by atoms with Crippen LogP contribution in [0.4, 0.5) is 0 Å². The SMILES string of the molecule is NCCc1nc(-c2nc(Cc3ccccc3)no2)cs1. The summed E-state index contributed by atoms with van der Waals surface area (Å²) in [7, 11) is 0. The first-order chi connectivity index (χ1) is 9.85. The number of nitrogens with two attached hydrogens (primary N) is 1. The lowest BCUT2D eigenvalue weighted by molar-refractivity contribution is 0.423. The minimum Gasteiger partial charge on any atom is -0.332 e. The molecule has 0 unspecified atom stereocenters. The first kappa shape index (κ1) is 13.0. The highest BCUT2D eigenvalue weighted by Gasteiger charge is 2.12. The molecule has 2 N–H and O–H groups in total. The molecule has 0 aliphatic carbocycles. The standard InChI is InChI=1S/C14H14N4OS/c15-7-6-13-16-11(9-20-13)14-17-12(18-19-14)8-10-4-2-1-3-5-10/h1-5,9H,6-8,15H2. The molecule has 6 heteroatoms. The minimum atomic E-state index is 0.468. The van der Waals surface area contributed by atoms with Gasteiger partial charge in [-0.2, -0.15) is 4.98 Å². The molecule has 0 spiro atoms. The molecule has 0 radical (unpaired) electrons. The summed E-state index contributed by atoms with van der Waals surface area (Å²) in [5, 5.41) is 6.91. The Morgan fingerprint density at radius 2 is 2.00 bits per heavy atom. The van der Waals surface area contributed by atoms with Crippen molar-refractivity contribution in [2.24, 2.45) is 5.73 Å². The van der Waals surface area contributed by atoms with Crippen molar-refractivity contribution in [2.75, 3.05) is 6.54 Å². The van der Waals surface area contributed by atoms with Gasteiger partial charge in [-0.15, -0.1) is 11.3 Å². The van der Waals surface area contributed by atoms with Crippen LogP contribution in [0.1, 0.15) is 16.4 Å². The predicted molar refractivity (Wildman–Crippen MR) is 77.4 cm³/mol. The molecule has 0 fully saturated rings. The fourth-order valence-corrected chi connectivity index (χ4v) is 2.64. The summed E-state index contributed by atoms with van der Waals surface area (Å²) >= 11 is 1.56. The Labute approximate surface area is 120 Å². The van der Waals surface area contributed by atoms with Gasteiger partial charge in [0, 0.05) is 18.2 Å². The van der Waals surface area contributed by atoms with Gasteiger partial charge in [0.15, 0.2) is 5.82 Å². The molecule has 0 saturated carbocycles. The fourth-order valence-electron chi connectivity index (χ4n) is 1.86. The van der Waals surface area contributed by atoms with E-state index < -0.39 is 0 Å². The number of nitrogens with zero attached hydrogens (tertiary/aromatic N) is 3. The van der Waals surface area contributed by atoms with E-state index in [0.29, 0.717) is 24.7 Å². The molecule has 2 heterocycles. The van der Waals surface area contributed by atoms with E-state index in [4.69, 9.17) is 10.3 Å². The Bertz CT molecular complexity index is 677. The van der Waals surface area contributed by atoms with Crippen molar-refractivity contribution >= 4 is 11.3 Å². The monoisotopic (exact) mass is 286 g/mol. The van der Waals surface area contributed by atoms with Crippen LogP contribution in [0.15, 0.2) is 40.2 Å². The van der Waals surface area contributed by atoms with Gasteiger partial charge in [0.05, 0.1) is 5.01 Å². The minimum absolute atomic E-state index is 0.468. The Morgan fingerprint density at radius 1 is 1.15 bits per heavy atom. The van der Waals surface area contributed by atoms with Gasteiger partial charge in [0.1, 0.15) is 5.69 Å². The first-order valence-corrected chi connectivity index (χ1v) is 7.24. The average molecular weight is 286 g/mol. The quantitative estimate of drug-likeness (QED) is 0.778. The third-order valence-corrected chi connectivity index (χ3v) is 3.71. The van der Waals surface area contributed by atoms with E-state index in [-0.39, 0.29) is 0 Å². The van der Waals surface area contributed by atoms with Gasteiger partial charge in [-0.05, 0) is 12.1 Å². The summed E-state index contributed by atoms with van der Waals surface area (Å²) in [6.45, 7) is 0.593. The predicted octanol–water partition coefficient (Wildman–Crippen LogP) is 2.29. The third-order valence-electron chi connectivity index (χ3n) is 2.80. The molecule has 3 rings (SSSR count). The van der Waals surface area contributed by atoms with Crippen molar-refractivity contribution < 1.29 is 4.52 Å². The Morgan fingerprint density at radius 3 is 2.80 bits per heavy atom. The van der Waals surface area contributed by atoms with Crippen LogP contribution in [0.3, 0.4) is 0 Å². The highest BCUT2D eigenvalue weighted by molar-refractivity contribution is 7.09. The van der Waals surface area contributed by atoms with Crippen LogP contribution in [0, 0.1) is 0 Å². The third kappa shape index (κ3) is 2.92. The molecule has 0 atom stereocenters. The summed E-state index contributed by atoms with van der Waals surface area (Å²) in [6, 6.07) is 10.1. The van der Waals surface area contributed by atoms with Gasteiger partial charge in [0.25, 0.3) is 5.89 Å². The first-order valence-electron chi connectivity index (χ1n) is 6.36. The zero-order valence-electron chi connectivity index (χ0n) is 10.8. The van der Waals surface area contributed by atoms with E-state index >= 15 is 0 Å². The molecular formula is C14H14N4OS. The number of thiazole rings is 1. The zero-order chi connectivity index (χ0) is 13.8. The molecule has 0 saturated heterocycles. The van der Waals surface area contributed by atoms with Crippen LogP contribution in [0.25, 0.3) is 11.6 Å². The summed E-state index contributed by atoms with van der Waals surface area (Å²) in [5.74, 6) is 1.13. The maximum absolute atomic E-state index is 5.51. The molecular weight excluding hydrogens is 272 g/mol. The van der Waals surface area contributed by atoms with Crippen molar-refractivity contribution in [1.82, 2.24) is 15.1 Å². The number of aromatic nitrogens is 3. The summed E-state index contributed by atoms with van der Waals surface area (Å²) in [6.07, 6.45) is 1.43. The van der Waals surface area contributed by atoms with Gasteiger partial charge in [-0.3, -0.25) is 0 Å². The molecule has 3 aromatic rings. The number of benzene rings is 1. The van der Waals surface area contributed by atoms with Gasteiger partial charge < -0.3 is 10.3 Å². The van der Waals surface area contributed by atoms with E-state index in [1.807, 2.05) is 35.7 Å². The van der Waals surface area contributed by atoms with Crippen LogP contribution in [-0.4, -0.2) is 21.7 Å². The topological polar surface area (TPSA) is 77.8 Å².